The molecule has 0 unspecified atom stereocenters. The average molecular weight is 353 g/mol. The Kier molecular flexibility index (Phi) is 3.63. The summed E-state index contributed by atoms with van der Waals surface area (Å²) in [7, 11) is 0. The number of anilines is 2. The lowest BCUT2D eigenvalue weighted by Crippen LogP contribution is -2.13. The van der Waals surface area contributed by atoms with Gasteiger partial charge >= 0.3 is 0 Å². The fourth-order valence-corrected chi connectivity index (χ4v) is 2.60. The summed E-state index contributed by atoms with van der Waals surface area (Å²) in [6, 6.07) is 7.21. The molecule has 2 aromatic rings. The lowest BCUT2D eigenvalue weighted by atomic mass is 10.1. The van der Waals surface area contributed by atoms with Gasteiger partial charge in [-0.25, -0.2) is 8.78 Å². The van der Waals surface area contributed by atoms with E-state index in [2.05, 4.69) is 26.6 Å². The number of hydrogen-bond donors (Lipinski definition) is 2. The molecule has 3 rings (SSSR count). The van der Waals surface area contributed by atoms with Crippen molar-refractivity contribution in [3.8, 4) is 0 Å². The second-order valence-electron chi connectivity index (χ2n) is 4.75. The average Bonchev–Trinajstić information content (AvgIpc) is 2.92. The van der Waals surface area contributed by atoms with Crippen LogP contribution >= 0.6 is 15.9 Å². The van der Waals surface area contributed by atoms with Gasteiger partial charge in [-0.15, -0.1) is 0 Å². The topological polar surface area (TPSA) is 41.1 Å². The van der Waals surface area contributed by atoms with Gasteiger partial charge in [-0.05, 0) is 52.2 Å². The minimum absolute atomic E-state index is 0.0631. The SMILES string of the molecule is O=C(Nc1cc(Br)c(F)cc1F)c1ccc2c(c1)CCN2. The Balaban J connectivity index is 1.85. The van der Waals surface area contributed by atoms with Gasteiger partial charge in [0.25, 0.3) is 5.91 Å². The second kappa shape index (κ2) is 5.44. The molecule has 0 fully saturated rings. The fourth-order valence-electron chi connectivity index (χ4n) is 2.26. The number of fused-ring (bicyclic) bond motifs is 1. The predicted molar refractivity (Wildman–Crippen MR) is 80.6 cm³/mol. The van der Waals surface area contributed by atoms with Crippen molar-refractivity contribution in [1.82, 2.24) is 0 Å². The van der Waals surface area contributed by atoms with E-state index in [-0.39, 0.29) is 10.2 Å². The van der Waals surface area contributed by atoms with Gasteiger partial charge in [0.05, 0.1) is 10.2 Å². The van der Waals surface area contributed by atoms with Crippen LogP contribution in [0.2, 0.25) is 0 Å². The lowest BCUT2D eigenvalue weighted by Gasteiger charge is -2.09. The molecule has 2 aromatic carbocycles. The fraction of sp³-hybridized carbons (Fsp3) is 0.133. The molecular weight excluding hydrogens is 342 g/mol. The summed E-state index contributed by atoms with van der Waals surface area (Å²) in [6.45, 7) is 0.847. The van der Waals surface area contributed by atoms with Crippen molar-refractivity contribution < 1.29 is 13.6 Å². The minimum Gasteiger partial charge on any atom is -0.384 e. The van der Waals surface area contributed by atoms with Crippen molar-refractivity contribution in [1.29, 1.82) is 0 Å². The zero-order valence-electron chi connectivity index (χ0n) is 10.8. The molecule has 0 bridgehead atoms. The van der Waals surface area contributed by atoms with E-state index < -0.39 is 17.5 Å². The van der Waals surface area contributed by atoms with Crippen LogP contribution in [0, 0.1) is 11.6 Å². The Bertz CT molecular complexity index is 734. The summed E-state index contributed by atoms with van der Waals surface area (Å²) in [6.07, 6.45) is 0.854. The maximum Gasteiger partial charge on any atom is 0.255 e. The number of rotatable bonds is 2. The molecule has 0 saturated heterocycles. The van der Waals surface area contributed by atoms with Gasteiger partial charge < -0.3 is 10.6 Å². The van der Waals surface area contributed by atoms with E-state index in [1.807, 2.05) is 6.07 Å². The third kappa shape index (κ3) is 2.76. The summed E-state index contributed by atoms with van der Waals surface area (Å²) in [4.78, 5) is 12.2. The summed E-state index contributed by atoms with van der Waals surface area (Å²) in [5, 5.41) is 5.65. The van der Waals surface area contributed by atoms with Crippen molar-refractivity contribution >= 4 is 33.2 Å². The maximum atomic E-state index is 13.6. The Labute approximate surface area is 128 Å². The van der Waals surface area contributed by atoms with E-state index in [1.165, 1.54) is 6.07 Å². The predicted octanol–water partition coefficient (Wildman–Crippen LogP) is 3.95. The summed E-state index contributed by atoms with van der Waals surface area (Å²) in [5.41, 5.74) is 2.45. The van der Waals surface area contributed by atoms with Crippen molar-refractivity contribution in [2.45, 2.75) is 6.42 Å². The molecule has 0 aromatic heterocycles. The van der Waals surface area contributed by atoms with Crippen LogP contribution in [0.5, 0.6) is 0 Å². The standard InChI is InChI=1S/C15H11BrF2N2O/c16-10-6-14(12(18)7-11(10)17)20-15(21)9-1-2-13-8(5-9)3-4-19-13/h1-2,5-7,19H,3-4H2,(H,20,21). The number of halogens is 3. The maximum absolute atomic E-state index is 13.6. The first-order valence-corrected chi connectivity index (χ1v) is 7.16. The van der Waals surface area contributed by atoms with Crippen LogP contribution in [0.15, 0.2) is 34.8 Å². The number of carbonyl (C=O) groups excluding carboxylic acids is 1. The number of hydrogen-bond acceptors (Lipinski definition) is 2. The zero-order chi connectivity index (χ0) is 15.0. The summed E-state index contributed by atoms with van der Waals surface area (Å²) < 4.78 is 26.9. The van der Waals surface area contributed by atoms with Crippen LogP contribution in [0.4, 0.5) is 20.2 Å². The van der Waals surface area contributed by atoms with Crippen molar-refractivity contribution in [2.75, 3.05) is 17.2 Å². The molecule has 1 heterocycles. The van der Waals surface area contributed by atoms with Crippen molar-refractivity contribution in [3.05, 3.63) is 57.6 Å². The molecule has 3 nitrogen and oxygen atoms in total. The Morgan fingerprint density at radius 2 is 2.00 bits per heavy atom. The van der Waals surface area contributed by atoms with Gasteiger partial charge in [0.1, 0.15) is 11.6 Å². The van der Waals surface area contributed by atoms with E-state index in [4.69, 9.17) is 0 Å². The lowest BCUT2D eigenvalue weighted by molar-refractivity contribution is 0.102. The molecule has 0 spiro atoms. The highest BCUT2D eigenvalue weighted by molar-refractivity contribution is 9.10. The molecule has 1 aliphatic heterocycles. The van der Waals surface area contributed by atoms with Gasteiger partial charge in [0, 0.05) is 23.9 Å². The second-order valence-corrected chi connectivity index (χ2v) is 5.60. The molecule has 6 heteroatoms. The Hall–Kier alpha value is -1.95. The van der Waals surface area contributed by atoms with Crippen LogP contribution in [-0.4, -0.2) is 12.5 Å². The third-order valence-electron chi connectivity index (χ3n) is 3.34. The monoisotopic (exact) mass is 352 g/mol. The quantitative estimate of drug-likeness (QED) is 0.803. The normalized spacial score (nSPS) is 12.7. The number of nitrogens with one attached hydrogen (secondary N) is 2. The van der Waals surface area contributed by atoms with Crippen molar-refractivity contribution in [3.63, 3.8) is 0 Å². The first-order chi connectivity index (χ1) is 10.0. The highest BCUT2D eigenvalue weighted by atomic mass is 79.9. The molecular formula is C15H11BrF2N2O. The zero-order valence-corrected chi connectivity index (χ0v) is 12.4. The molecule has 1 amide bonds. The minimum atomic E-state index is -0.813. The molecule has 0 radical (unpaired) electrons. The molecule has 0 aliphatic carbocycles. The van der Waals surface area contributed by atoms with E-state index >= 15 is 0 Å². The summed E-state index contributed by atoms with van der Waals surface area (Å²) >= 11 is 2.97. The smallest absolute Gasteiger partial charge is 0.255 e. The largest absolute Gasteiger partial charge is 0.384 e. The first-order valence-electron chi connectivity index (χ1n) is 6.37. The number of amides is 1. The Morgan fingerprint density at radius 1 is 1.19 bits per heavy atom. The van der Waals surface area contributed by atoms with Crippen LogP contribution in [-0.2, 0) is 6.42 Å². The van der Waals surface area contributed by atoms with E-state index in [0.29, 0.717) is 5.56 Å². The highest BCUT2D eigenvalue weighted by Crippen LogP contribution is 2.26. The summed E-state index contributed by atoms with van der Waals surface area (Å²) in [5.74, 6) is -1.96. The van der Waals surface area contributed by atoms with Gasteiger partial charge in [-0.2, -0.15) is 0 Å². The van der Waals surface area contributed by atoms with Crippen LogP contribution in [0.1, 0.15) is 15.9 Å². The molecule has 0 atom stereocenters. The third-order valence-corrected chi connectivity index (χ3v) is 3.94. The number of carbonyl (C=O) groups is 1. The van der Waals surface area contributed by atoms with Gasteiger partial charge in [0.15, 0.2) is 0 Å². The first kappa shape index (κ1) is 14.0. The van der Waals surface area contributed by atoms with E-state index in [0.717, 1.165) is 30.3 Å². The van der Waals surface area contributed by atoms with E-state index in [1.54, 1.807) is 12.1 Å². The van der Waals surface area contributed by atoms with Crippen molar-refractivity contribution in [2.24, 2.45) is 0 Å². The number of benzene rings is 2. The molecule has 108 valence electrons. The molecule has 0 saturated carbocycles. The van der Waals surface area contributed by atoms with E-state index in [9.17, 15) is 13.6 Å². The molecule has 21 heavy (non-hydrogen) atoms. The van der Waals surface area contributed by atoms with Gasteiger partial charge in [-0.1, -0.05) is 0 Å². The van der Waals surface area contributed by atoms with Crippen LogP contribution < -0.4 is 10.6 Å². The van der Waals surface area contributed by atoms with Crippen LogP contribution in [0.3, 0.4) is 0 Å². The molecule has 1 aliphatic rings. The Morgan fingerprint density at radius 3 is 2.81 bits per heavy atom. The highest BCUT2D eigenvalue weighted by Gasteiger charge is 2.15. The van der Waals surface area contributed by atoms with Gasteiger partial charge in [0.2, 0.25) is 0 Å². The van der Waals surface area contributed by atoms with Gasteiger partial charge in [-0.3, -0.25) is 4.79 Å². The van der Waals surface area contributed by atoms with Crippen LogP contribution in [0.25, 0.3) is 0 Å². The molecule has 2 N–H and O–H groups in total.